The topological polar surface area (TPSA) is 75.3 Å². The SMILES string of the molecule is O=C1C[C@H](NC(=O)CCl)C(=O)N1. The summed E-state index contributed by atoms with van der Waals surface area (Å²) >= 11 is 5.19. The number of hydrogen-bond acceptors (Lipinski definition) is 3. The van der Waals surface area contributed by atoms with E-state index in [4.69, 9.17) is 11.6 Å². The minimum absolute atomic E-state index is 0.00145. The Labute approximate surface area is 73.4 Å². The maximum Gasteiger partial charge on any atom is 0.249 e. The summed E-state index contributed by atoms with van der Waals surface area (Å²) in [4.78, 5) is 32.1. The van der Waals surface area contributed by atoms with Crippen LogP contribution >= 0.6 is 11.6 Å². The lowest BCUT2D eigenvalue weighted by Crippen LogP contribution is -2.40. The van der Waals surface area contributed by atoms with Crippen LogP contribution in [0.1, 0.15) is 6.42 Å². The highest BCUT2D eigenvalue weighted by Crippen LogP contribution is 2.00. The van der Waals surface area contributed by atoms with Gasteiger partial charge in [-0.25, -0.2) is 0 Å². The van der Waals surface area contributed by atoms with Crippen LogP contribution < -0.4 is 10.6 Å². The molecule has 0 saturated carbocycles. The van der Waals surface area contributed by atoms with Crippen LogP contribution in [-0.4, -0.2) is 29.6 Å². The molecule has 1 atom stereocenters. The van der Waals surface area contributed by atoms with Crippen molar-refractivity contribution in [2.45, 2.75) is 12.5 Å². The van der Waals surface area contributed by atoms with Crippen LogP contribution in [0.4, 0.5) is 0 Å². The number of carbonyl (C=O) groups excluding carboxylic acids is 3. The fourth-order valence-corrected chi connectivity index (χ4v) is 0.980. The third kappa shape index (κ3) is 1.94. The molecule has 1 aliphatic rings. The van der Waals surface area contributed by atoms with Crippen LogP contribution in [-0.2, 0) is 14.4 Å². The molecule has 0 bridgehead atoms. The first-order valence-corrected chi connectivity index (χ1v) is 3.86. The molecule has 1 saturated heterocycles. The molecule has 1 rings (SSSR count). The average molecular weight is 191 g/mol. The Kier molecular flexibility index (Phi) is 2.65. The summed E-state index contributed by atoms with van der Waals surface area (Å²) in [5.41, 5.74) is 0. The van der Waals surface area contributed by atoms with E-state index >= 15 is 0 Å². The Morgan fingerprint density at radius 2 is 2.33 bits per heavy atom. The summed E-state index contributed by atoms with van der Waals surface area (Å²) < 4.78 is 0. The van der Waals surface area contributed by atoms with Gasteiger partial charge >= 0.3 is 0 Å². The first-order chi connectivity index (χ1) is 5.63. The van der Waals surface area contributed by atoms with Crippen molar-refractivity contribution in [2.24, 2.45) is 0 Å². The molecule has 3 amide bonds. The van der Waals surface area contributed by atoms with Crippen LogP contribution in [0.25, 0.3) is 0 Å². The molecule has 5 nitrogen and oxygen atoms in total. The molecule has 1 aliphatic heterocycles. The Hall–Kier alpha value is -1.10. The molecule has 66 valence electrons. The number of imide groups is 1. The van der Waals surface area contributed by atoms with Crippen LogP contribution in [0.2, 0.25) is 0 Å². The van der Waals surface area contributed by atoms with Crippen molar-refractivity contribution in [1.29, 1.82) is 0 Å². The maximum absolute atomic E-state index is 10.8. The maximum atomic E-state index is 10.8. The summed E-state index contributed by atoms with van der Waals surface area (Å²) in [5.74, 6) is -1.51. The Morgan fingerprint density at radius 1 is 1.67 bits per heavy atom. The van der Waals surface area contributed by atoms with Gasteiger partial charge in [-0.2, -0.15) is 0 Å². The standard InChI is InChI=1S/C6H7ClN2O3/c7-2-5(11)8-3-1-4(10)9-6(3)12/h3H,1-2H2,(H,8,11)(H,9,10,12)/t3-/m0/s1. The number of hydrogen-bond donors (Lipinski definition) is 2. The predicted octanol–water partition coefficient (Wildman–Crippen LogP) is -1.24. The van der Waals surface area contributed by atoms with Gasteiger partial charge in [0.25, 0.3) is 0 Å². The number of rotatable bonds is 2. The lowest BCUT2D eigenvalue weighted by atomic mass is 10.2. The van der Waals surface area contributed by atoms with E-state index in [0.717, 1.165) is 0 Å². The highest BCUT2D eigenvalue weighted by Gasteiger charge is 2.31. The minimum Gasteiger partial charge on any atom is -0.343 e. The monoisotopic (exact) mass is 190 g/mol. The molecule has 6 heteroatoms. The lowest BCUT2D eigenvalue weighted by molar-refractivity contribution is -0.127. The van der Waals surface area contributed by atoms with E-state index in [1.165, 1.54) is 0 Å². The third-order valence-corrected chi connectivity index (χ3v) is 1.67. The third-order valence-electron chi connectivity index (χ3n) is 1.43. The van der Waals surface area contributed by atoms with Gasteiger partial charge in [0.2, 0.25) is 17.7 Å². The second-order valence-electron chi connectivity index (χ2n) is 2.37. The molecule has 0 radical (unpaired) electrons. The Bertz CT molecular complexity index is 241. The highest BCUT2D eigenvalue weighted by atomic mass is 35.5. The van der Waals surface area contributed by atoms with E-state index in [1.807, 2.05) is 0 Å². The quantitative estimate of drug-likeness (QED) is 0.422. The number of nitrogens with one attached hydrogen (secondary N) is 2. The van der Waals surface area contributed by atoms with Gasteiger partial charge in [-0.05, 0) is 0 Å². The number of halogens is 1. The van der Waals surface area contributed by atoms with Crippen molar-refractivity contribution in [3.05, 3.63) is 0 Å². The molecule has 2 N–H and O–H groups in total. The van der Waals surface area contributed by atoms with E-state index in [-0.39, 0.29) is 18.2 Å². The lowest BCUT2D eigenvalue weighted by Gasteiger charge is -2.05. The van der Waals surface area contributed by atoms with Gasteiger partial charge in [-0.15, -0.1) is 11.6 Å². The molecule has 1 heterocycles. The van der Waals surface area contributed by atoms with Gasteiger partial charge in [0, 0.05) is 0 Å². The van der Waals surface area contributed by atoms with Crippen molar-refractivity contribution in [2.75, 3.05) is 5.88 Å². The van der Waals surface area contributed by atoms with Crippen molar-refractivity contribution in [3.63, 3.8) is 0 Å². The number of amides is 3. The zero-order chi connectivity index (χ0) is 9.14. The molecule has 0 unspecified atom stereocenters. The second kappa shape index (κ2) is 3.53. The fourth-order valence-electron chi connectivity index (χ4n) is 0.903. The van der Waals surface area contributed by atoms with Crippen molar-refractivity contribution < 1.29 is 14.4 Å². The molecule has 0 aliphatic carbocycles. The Morgan fingerprint density at radius 3 is 2.75 bits per heavy atom. The van der Waals surface area contributed by atoms with Gasteiger partial charge in [0.1, 0.15) is 11.9 Å². The highest BCUT2D eigenvalue weighted by molar-refractivity contribution is 6.27. The largest absolute Gasteiger partial charge is 0.343 e. The van der Waals surface area contributed by atoms with E-state index in [2.05, 4.69) is 10.6 Å². The average Bonchev–Trinajstić information content (AvgIpc) is 2.30. The van der Waals surface area contributed by atoms with Gasteiger partial charge < -0.3 is 5.32 Å². The molecule has 1 fully saturated rings. The number of carbonyl (C=O) groups is 3. The smallest absolute Gasteiger partial charge is 0.249 e. The summed E-state index contributed by atoms with van der Waals surface area (Å²) in [5, 5.41) is 4.37. The molecule has 0 aromatic rings. The molecular weight excluding hydrogens is 184 g/mol. The van der Waals surface area contributed by atoms with Crippen LogP contribution in [0, 0.1) is 0 Å². The van der Waals surface area contributed by atoms with E-state index in [1.54, 1.807) is 0 Å². The van der Waals surface area contributed by atoms with E-state index in [0.29, 0.717) is 0 Å². The van der Waals surface area contributed by atoms with Crippen LogP contribution in [0.3, 0.4) is 0 Å². The van der Waals surface area contributed by atoms with E-state index in [9.17, 15) is 14.4 Å². The molecular formula is C6H7ClN2O3. The van der Waals surface area contributed by atoms with Gasteiger partial charge in [0.15, 0.2) is 0 Å². The zero-order valence-corrected chi connectivity index (χ0v) is 6.85. The summed E-state index contributed by atoms with van der Waals surface area (Å²) in [6.07, 6.45) is 0.00145. The van der Waals surface area contributed by atoms with Crippen LogP contribution in [0.15, 0.2) is 0 Å². The van der Waals surface area contributed by atoms with Crippen molar-refractivity contribution in [3.8, 4) is 0 Å². The van der Waals surface area contributed by atoms with Gasteiger partial charge in [-0.1, -0.05) is 0 Å². The normalized spacial score (nSPS) is 22.2. The predicted molar refractivity (Wildman–Crippen MR) is 40.4 cm³/mol. The first kappa shape index (κ1) is 8.99. The number of alkyl halides is 1. The minimum atomic E-state index is -0.747. The van der Waals surface area contributed by atoms with Crippen molar-refractivity contribution in [1.82, 2.24) is 10.6 Å². The zero-order valence-electron chi connectivity index (χ0n) is 6.09. The molecule has 0 aromatic heterocycles. The van der Waals surface area contributed by atoms with Crippen molar-refractivity contribution >= 4 is 29.3 Å². The van der Waals surface area contributed by atoms with Crippen LogP contribution in [0.5, 0.6) is 0 Å². The van der Waals surface area contributed by atoms with Gasteiger partial charge in [-0.3, -0.25) is 19.7 Å². The fraction of sp³-hybridized carbons (Fsp3) is 0.500. The summed E-state index contributed by atoms with van der Waals surface area (Å²) in [7, 11) is 0. The molecule has 0 aromatic carbocycles. The Balaban J connectivity index is 2.48. The molecule has 0 spiro atoms. The summed E-state index contributed by atoms with van der Waals surface area (Å²) in [6.45, 7) is 0. The molecule has 12 heavy (non-hydrogen) atoms. The van der Waals surface area contributed by atoms with E-state index < -0.39 is 17.9 Å². The summed E-state index contributed by atoms with van der Waals surface area (Å²) in [6, 6.07) is -0.747. The first-order valence-electron chi connectivity index (χ1n) is 3.32. The second-order valence-corrected chi connectivity index (χ2v) is 2.64. The van der Waals surface area contributed by atoms with Gasteiger partial charge in [0.05, 0.1) is 6.42 Å².